The minimum atomic E-state index is -0.487. The van der Waals surface area contributed by atoms with Gasteiger partial charge in [-0.05, 0) is 51.7 Å². The number of amides is 1. The van der Waals surface area contributed by atoms with Gasteiger partial charge in [-0.15, -0.1) is 0 Å². The van der Waals surface area contributed by atoms with Crippen molar-refractivity contribution in [1.82, 2.24) is 14.3 Å². The summed E-state index contributed by atoms with van der Waals surface area (Å²) in [5, 5.41) is 0.609. The molecule has 1 fully saturated rings. The van der Waals surface area contributed by atoms with Crippen LogP contribution in [0.4, 0.5) is 4.79 Å². The van der Waals surface area contributed by atoms with Crippen LogP contribution < -0.4 is 10.3 Å². The van der Waals surface area contributed by atoms with Crippen LogP contribution in [0.25, 0.3) is 16.8 Å². The van der Waals surface area contributed by atoms with Crippen LogP contribution in [0.1, 0.15) is 33.6 Å². The van der Waals surface area contributed by atoms with E-state index in [1.54, 1.807) is 21.4 Å². The molecule has 1 aromatic carbocycles. The van der Waals surface area contributed by atoms with E-state index in [0.29, 0.717) is 47.6 Å². The van der Waals surface area contributed by atoms with Crippen molar-refractivity contribution >= 4 is 23.2 Å². The quantitative estimate of drug-likeness (QED) is 0.599. The molecule has 0 aliphatic carbocycles. The third kappa shape index (κ3) is 5.27. The van der Waals surface area contributed by atoms with Crippen molar-refractivity contribution in [2.24, 2.45) is 5.92 Å². The van der Waals surface area contributed by atoms with Crippen molar-refractivity contribution in [3.05, 3.63) is 58.1 Å². The number of aromatic nitrogens is 2. The number of nitrogens with zero attached hydrogens (tertiary/aromatic N) is 2. The van der Waals surface area contributed by atoms with Crippen LogP contribution >= 0.6 is 11.6 Å². The van der Waals surface area contributed by atoms with Crippen molar-refractivity contribution in [1.29, 1.82) is 0 Å². The summed E-state index contributed by atoms with van der Waals surface area (Å²) in [6.07, 6.45) is 5.12. The van der Waals surface area contributed by atoms with Gasteiger partial charge < -0.3 is 23.8 Å². The first-order chi connectivity index (χ1) is 15.2. The van der Waals surface area contributed by atoms with Crippen LogP contribution in [0.2, 0.25) is 5.02 Å². The molecular formula is C24H28ClN3O4. The van der Waals surface area contributed by atoms with Gasteiger partial charge in [0.05, 0.1) is 18.5 Å². The number of piperidine rings is 1. The second-order valence-electron chi connectivity index (χ2n) is 9.20. The van der Waals surface area contributed by atoms with Crippen LogP contribution in [0.5, 0.6) is 5.75 Å². The van der Waals surface area contributed by atoms with Gasteiger partial charge in [-0.25, -0.2) is 4.79 Å². The third-order valence-electron chi connectivity index (χ3n) is 5.46. The maximum Gasteiger partial charge on any atom is 0.410 e. The van der Waals surface area contributed by atoms with Gasteiger partial charge in [0.15, 0.2) is 0 Å². The van der Waals surface area contributed by atoms with Gasteiger partial charge in [0, 0.05) is 35.9 Å². The summed E-state index contributed by atoms with van der Waals surface area (Å²) in [5.41, 5.74) is 1.36. The zero-order chi connectivity index (χ0) is 22.9. The van der Waals surface area contributed by atoms with Crippen molar-refractivity contribution in [2.75, 3.05) is 19.7 Å². The maximum atomic E-state index is 12.6. The largest absolute Gasteiger partial charge is 0.492 e. The molecule has 0 unspecified atom stereocenters. The summed E-state index contributed by atoms with van der Waals surface area (Å²) < 4.78 is 13.2. The van der Waals surface area contributed by atoms with E-state index >= 15 is 0 Å². The average molecular weight is 458 g/mol. The molecule has 32 heavy (non-hydrogen) atoms. The Hall–Kier alpha value is -2.93. The lowest BCUT2D eigenvalue weighted by Gasteiger charge is -2.33. The van der Waals surface area contributed by atoms with E-state index in [-0.39, 0.29) is 11.7 Å². The molecule has 3 heterocycles. The topological polar surface area (TPSA) is 76.0 Å². The van der Waals surface area contributed by atoms with Crippen LogP contribution in [-0.4, -0.2) is 45.7 Å². The number of H-pyrrole nitrogens is 1. The Labute approximate surface area is 191 Å². The molecular weight excluding hydrogens is 430 g/mol. The Morgan fingerprint density at radius 3 is 2.62 bits per heavy atom. The van der Waals surface area contributed by atoms with E-state index in [1.165, 1.54) is 0 Å². The molecule has 4 rings (SSSR count). The van der Waals surface area contributed by atoms with Crippen LogP contribution in [0.15, 0.2) is 47.5 Å². The van der Waals surface area contributed by atoms with E-state index in [2.05, 4.69) is 4.98 Å². The van der Waals surface area contributed by atoms with E-state index in [0.717, 1.165) is 18.4 Å². The fraction of sp³-hybridized carbons (Fsp3) is 0.417. The monoisotopic (exact) mass is 457 g/mol. The highest BCUT2D eigenvalue weighted by Crippen LogP contribution is 2.24. The van der Waals surface area contributed by atoms with Crippen LogP contribution in [0, 0.1) is 5.92 Å². The lowest BCUT2D eigenvalue weighted by molar-refractivity contribution is 0.0165. The summed E-state index contributed by atoms with van der Waals surface area (Å²) in [4.78, 5) is 29.4. The number of hydrogen-bond donors (Lipinski definition) is 1. The average Bonchev–Trinajstić information content (AvgIpc) is 3.15. The summed E-state index contributed by atoms with van der Waals surface area (Å²) in [7, 11) is 0. The standard InChI is InChI=1S/C24H28ClN3O4/c1-24(2,3)32-23(30)27-9-7-16(8-10-27)15-31-19-12-21-22(29)26-20(14-28(21)13-19)17-5-4-6-18(25)11-17/h4-6,11-14,16H,7-10,15H2,1-3H3,(H,26,29). The number of nitrogens with one attached hydrogen (secondary N) is 1. The van der Waals surface area contributed by atoms with Gasteiger partial charge in [0.2, 0.25) is 0 Å². The molecule has 7 nitrogen and oxygen atoms in total. The van der Waals surface area contributed by atoms with E-state index in [9.17, 15) is 9.59 Å². The van der Waals surface area contributed by atoms with Gasteiger partial charge in [-0.3, -0.25) is 4.79 Å². The van der Waals surface area contributed by atoms with Crippen molar-refractivity contribution in [3.63, 3.8) is 0 Å². The third-order valence-corrected chi connectivity index (χ3v) is 5.70. The zero-order valence-corrected chi connectivity index (χ0v) is 19.3. The Morgan fingerprint density at radius 2 is 1.94 bits per heavy atom. The van der Waals surface area contributed by atoms with E-state index in [1.807, 2.05) is 51.4 Å². The smallest absolute Gasteiger partial charge is 0.410 e. The molecule has 2 aromatic heterocycles. The number of fused-ring (bicyclic) bond motifs is 1. The highest BCUT2D eigenvalue weighted by atomic mass is 35.5. The van der Waals surface area contributed by atoms with Crippen molar-refractivity contribution in [2.45, 2.75) is 39.2 Å². The summed E-state index contributed by atoms with van der Waals surface area (Å²) >= 11 is 6.08. The number of carbonyl (C=O) groups is 1. The van der Waals surface area contributed by atoms with Gasteiger partial charge in [-0.1, -0.05) is 23.7 Å². The second kappa shape index (κ2) is 8.90. The second-order valence-corrected chi connectivity index (χ2v) is 9.63. The Morgan fingerprint density at radius 1 is 1.19 bits per heavy atom. The molecule has 0 radical (unpaired) electrons. The van der Waals surface area contributed by atoms with E-state index < -0.39 is 5.60 Å². The lowest BCUT2D eigenvalue weighted by atomic mass is 9.98. The van der Waals surface area contributed by atoms with Gasteiger partial charge in [0.1, 0.15) is 16.9 Å². The zero-order valence-electron chi connectivity index (χ0n) is 18.6. The SMILES string of the molecule is CC(C)(C)OC(=O)N1CCC(COc2cc3c(=O)[nH]c(-c4cccc(Cl)c4)cn3c2)CC1. The molecule has 170 valence electrons. The van der Waals surface area contributed by atoms with Gasteiger partial charge in [0.25, 0.3) is 5.56 Å². The van der Waals surface area contributed by atoms with Crippen molar-refractivity contribution in [3.8, 4) is 17.0 Å². The normalized spacial score (nSPS) is 15.2. The van der Waals surface area contributed by atoms with Crippen molar-refractivity contribution < 1.29 is 14.3 Å². The van der Waals surface area contributed by atoms with Crippen LogP contribution in [-0.2, 0) is 4.74 Å². The minimum absolute atomic E-state index is 0.192. The fourth-order valence-electron chi connectivity index (χ4n) is 3.80. The lowest BCUT2D eigenvalue weighted by Crippen LogP contribution is -2.42. The first kappa shape index (κ1) is 22.3. The van der Waals surface area contributed by atoms with Gasteiger partial charge >= 0.3 is 6.09 Å². The molecule has 0 spiro atoms. The summed E-state index contributed by atoms with van der Waals surface area (Å²) in [6.45, 7) is 7.47. The Balaban J connectivity index is 1.38. The number of aromatic amines is 1. The first-order valence-corrected chi connectivity index (χ1v) is 11.2. The molecule has 8 heteroatoms. The molecule has 1 saturated heterocycles. The highest BCUT2D eigenvalue weighted by molar-refractivity contribution is 6.30. The number of hydrogen-bond acceptors (Lipinski definition) is 4. The number of carbonyl (C=O) groups excluding carboxylic acids is 1. The number of halogens is 1. The molecule has 3 aromatic rings. The molecule has 1 aliphatic rings. The highest BCUT2D eigenvalue weighted by Gasteiger charge is 2.27. The predicted octanol–water partition coefficient (Wildman–Crippen LogP) is 4.97. The first-order valence-electron chi connectivity index (χ1n) is 10.8. The molecule has 1 amide bonds. The number of likely N-dealkylation sites (tertiary alicyclic amines) is 1. The number of benzene rings is 1. The maximum absolute atomic E-state index is 12.6. The Kier molecular flexibility index (Phi) is 6.20. The fourth-order valence-corrected chi connectivity index (χ4v) is 4.00. The summed E-state index contributed by atoms with van der Waals surface area (Å²) in [6, 6.07) is 9.09. The molecule has 0 atom stereocenters. The minimum Gasteiger partial charge on any atom is -0.492 e. The number of ether oxygens (including phenoxy) is 2. The molecule has 1 N–H and O–H groups in total. The summed E-state index contributed by atoms with van der Waals surface area (Å²) in [5.74, 6) is 0.991. The molecule has 1 aliphatic heterocycles. The molecule has 0 saturated carbocycles. The number of rotatable bonds is 4. The van der Waals surface area contributed by atoms with Crippen LogP contribution in [0.3, 0.4) is 0 Å². The van der Waals surface area contributed by atoms with Gasteiger partial charge in [-0.2, -0.15) is 0 Å². The molecule has 0 bridgehead atoms. The van der Waals surface area contributed by atoms with E-state index in [4.69, 9.17) is 21.1 Å². The Bertz CT molecular complexity index is 1170. The predicted molar refractivity (Wildman–Crippen MR) is 124 cm³/mol.